The maximum absolute atomic E-state index is 12.5. The Labute approximate surface area is 194 Å². The third-order valence-corrected chi connectivity index (χ3v) is 8.58. The number of aromatic amines is 1. The number of hydrogen-bond donors (Lipinski definition) is 9. The highest BCUT2D eigenvalue weighted by Crippen LogP contribution is 2.64. The Kier molecular flexibility index (Phi) is 8.52. The van der Waals surface area contributed by atoms with Crippen molar-refractivity contribution in [2.75, 3.05) is 13.2 Å². The Morgan fingerprint density at radius 2 is 1.57 bits per heavy atom. The lowest BCUT2D eigenvalue weighted by Gasteiger charge is -2.40. The predicted octanol–water partition coefficient (Wildman–Crippen LogP) is -4.73. The molecule has 0 aromatic carbocycles. The largest absolute Gasteiger partial charge is 0.479 e. The molecule has 2 fully saturated rings. The molecule has 0 amide bonds. The van der Waals surface area contributed by atoms with Crippen LogP contribution in [0.2, 0.25) is 0 Å². The highest BCUT2D eigenvalue weighted by Gasteiger charge is 2.54. The van der Waals surface area contributed by atoms with Gasteiger partial charge in [0.2, 0.25) is 0 Å². The monoisotopic (exact) mass is 550 g/mol. The van der Waals surface area contributed by atoms with Gasteiger partial charge in [-0.1, -0.05) is 0 Å². The molecular weight excluding hydrogens is 526 g/mol. The third-order valence-electron chi connectivity index (χ3n) is 5.27. The molecule has 0 spiro atoms. The number of nitrogens with one attached hydrogen (secondary N) is 1. The molecule has 1 aromatic heterocycles. The molecule has 0 aliphatic carbocycles. The van der Waals surface area contributed by atoms with E-state index in [4.69, 9.17) is 14.6 Å². The smallest absolute Gasteiger partial charge is 0.394 e. The Hall–Kier alpha value is -1.34. The van der Waals surface area contributed by atoms with Crippen LogP contribution in [0.25, 0.3) is 0 Å². The Bertz CT molecular complexity index is 1110. The number of H-pyrrole nitrogens is 1. The molecule has 3 heterocycles. The van der Waals surface area contributed by atoms with E-state index < -0.39 is 94.7 Å². The first kappa shape index (κ1) is 28.2. The van der Waals surface area contributed by atoms with Crippen molar-refractivity contribution in [1.82, 2.24) is 9.55 Å². The number of aliphatic hydroxyl groups excluding tert-OH is 6. The molecule has 9 N–H and O–H groups in total. The molecule has 18 nitrogen and oxygen atoms in total. The predicted molar refractivity (Wildman–Crippen MR) is 108 cm³/mol. The van der Waals surface area contributed by atoms with E-state index in [0.717, 1.165) is 16.8 Å². The lowest BCUT2D eigenvalue weighted by atomic mass is 10.0. The number of aliphatic hydroxyl groups is 6. The molecule has 7 unspecified atom stereocenters. The van der Waals surface area contributed by atoms with E-state index >= 15 is 0 Å². The minimum Gasteiger partial charge on any atom is -0.394 e. The van der Waals surface area contributed by atoms with Crippen LogP contribution in [0.4, 0.5) is 0 Å². The molecular formula is C15H24N2O16P2. The maximum Gasteiger partial charge on any atom is 0.479 e. The Morgan fingerprint density at radius 1 is 0.943 bits per heavy atom. The first-order chi connectivity index (χ1) is 16.2. The maximum atomic E-state index is 12.5. The average molecular weight is 550 g/mol. The quantitative estimate of drug-likeness (QED) is 0.137. The van der Waals surface area contributed by atoms with Gasteiger partial charge in [0, 0.05) is 12.3 Å². The molecule has 0 bridgehead atoms. The molecule has 2 aliphatic rings. The fraction of sp³-hybridized carbons (Fsp3) is 0.733. The number of phosphoric ester groups is 1. The van der Waals surface area contributed by atoms with Crippen molar-refractivity contribution in [3.63, 3.8) is 0 Å². The van der Waals surface area contributed by atoms with Crippen molar-refractivity contribution in [3.05, 3.63) is 33.1 Å². The summed E-state index contributed by atoms with van der Waals surface area (Å²) in [6.45, 7) is -1.97. The number of hydrogen-bond acceptors (Lipinski definition) is 14. The van der Waals surface area contributed by atoms with Crippen molar-refractivity contribution in [1.29, 1.82) is 0 Å². The Balaban J connectivity index is 1.67. The molecule has 11 atom stereocenters. The van der Waals surface area contributed by atoms with Gasteiger partial charge in [-0.05, 0) is 0 Å². The molecule has 35 heavy (non-hydrogen) atoms. The highest BCUT2D eigenvalue weighted by atomic mass is 31.3. The van der Waals surface area contributed by atoms with Crippen LogP contribution in [0.15, 0.2) is 21.9 Å². The summed E-state index contributed by atoms with van der Waals surface area (Å²) in [6.07, 6.45) is -13.5. The number of rotatable bonds is 8. The molecule has 3 rings (SSSR count). The minimum atomic E-state index is -5.48. The summed E-state index contributed by atoms with van der Waals surface area (Å²) in [5, 5.41) is 58.8. The second kappa shape index (κ2) is 10.6. The second-order valence-corrected chi connectivity index (χ2v) is 11.2. The van der Waals surface area contributed by atoms with Crippen LogP contribution in [-0.2, 0) is 27.4 Å². The van der Waals surface area contributed by atoms with Gasteiger partial charge >= 0.3 is 21.1 Å². The van der Waals surface area contributed by atoms with Crippen LogP contribution in [-0.4, -0.2) is 112 Å². The summed E-state index contributed by atoms with van der Waals surface area (Å²) < 4.78 is 44.3. The average Bonchev–Trinajstić information content (AvgIpc) is 3.04. The summed E-state index contributed by atoms with van der Waals surface area (Å²) in [4.78, 5) is 44.9. The molecule has 1 aromatic rings. The van der Waals surface area contributed by atoms with Gasteiger partial charge in [-0.25, -0.2) is 13.7 Å². The zero-order valence-electron chi connectivity index (χ0n) is 17.5. The number of aromatic nitrogens is 2. The SMILES string of the molecule is O=c1ccn([C@@H]2O[C@H](COP(=O)(O)OP(=O)(O)[C@@H]3OC(CO)[C@H](O)C(O)C3O)C(O)C2O)c(=O)[nH]1. The summed E-state index contributed by atoms with van der Waals surface area (Å²) in [6, 6.07) is 0.932. The van der Waals surface area contributed by atoms with Gasteiger partial charge in [0.05, 0.1) is 13.2 Å². The van der Waals surface area contributed by atoms with Gasteiger partial charge in [-0.3, -0.25) is 23.4 Å². The number of ether oxygens (including phenoxy) is 2. The second-order valence-electron chi connectivity index (χ2n) is 7.69. The number of nitrogens with zero attached hydrogens (tertiary/aromatic N) is 1. The zero-order chi connectivity index (χ0) is 26.3. The Morgan fingerprint density at radius 3 is 2.17 bits per heavy atom. The van der Waals surface area contributed by atoms with E-state index in [1.807, 2.05) is 4.98 Å². The summed E-state index contributed by atoms with van der Waals surface area (Å²) in [5.41, 5.74) is -1.74. The highest BCUT2D eigenvalue weighted by molar-refractivity contribution is 7.64. The summed E-state index contributed by atoms with van der Waals surface area (Å²) in [7, 11) is -10.9. The van der Waals surface area contributed by atoms with Gasteiger partial charge in [-0.15, -0.1) is 0 Å². The van der Waals surface area contributed by atoms with Crippen LogP contribution in [0.1, 0.15) is 6.23 Å². The van der Waals surface area contributed by atoms with E-state index in [1.165, 1.54) is 0 Å². The fourth-order valence-electron chi connectivity index (χ4n) is 3.46. The fourth-order valence-corrected chi connectivity index (χ4v) is 6.41. The van der Waals surface area contributed by atoms with E-state index in [1.54, 1.807) is 0 Å². The molecule has 2 aliphatic heterocycles. The molecule has 0 radical (unpaired) electrons. The van der Waals surface area contributed by atoms with Crippen LogP contribution >= 0.6 is 15.4 Å². The number of phosphoric acid groups is 1. The van der Waals surface area contributed by atoms with Gasteiger partial charge in [0.1, 0.15) is 42.7 Å². The van der Waals surface area contributed by atoms with E-state index in [-0.39, 0.29) is 0 Å². The van der Waals surface area contributed by atoms with Crippen LogP contribution in [0.5, 0.6) is 0 Å². The van der Waals surface area contributed by atoms with Crippen LogP contribution in [0, 0.1) is 0 Å². The van der Waals surface area contributed by atoms with Crippen molar-refractivity contribution in [2.24, 2.45) is 0 Å². The molecule has 20 heteroatoms. The lowest BCUT2D eigenvalue weighted by Crippen LogP contribution is -2.58. The van der Waals surface area contributed by atoms with Crippen molar-refractivity contribution in [2.45, 2.75) is 54.8 Å². The van der Waals surface area contributed by atoms with Crippen molar-refractivity contribution < 1.29 is 67.9 Å². The van der Waals surface area contributed by atoms with Crippen molar-refractivity contribution in [3.8, 4) is 0 Å². The lowest BCUT2D eigenvalue weighted by molar-refractivity contribution is -0.211. The molecule has 2 saturated heterocycles. The summed E-state index contributed by atoms with van der Waals surface area (Å²) >= 11 is 0. The zero-order valence-corrected chi connectivity index (χ0v) is 19.2. The van der Waals surface area contributed by atoms with Gasteiger partial charge < -0.3 is 49.9 Å². The van der Waals surface area contributed by atoms with E-state index in [2.05, 4.69) is 8.83 Å². The van der Waals surface area contributed by atoms with Gasteiger partial charge in [0.25, 0.3) is 5.56 Å². The first-order valence-electron chi connectivity index (χ1n) is 9.83. The van der Waals surface area contributed by atoms with E-state index in [0.29, 0.717) is 0 Å². The van der Waals surface area contributed by atoms with Gasteiger partial charge in [0.15, 0.2) is 12.1 Å². The third kappa shape index (κ3) is 5.98. The minimum absolute atomic E-state index is 0.728. The standard InChI is InChI=1S/C15H24N2O16P2/c18-3-5-8(20)10(22)12(24)14(32-5)34(26,27)33-35(28,29)30-4-6-9(21)11(23)13(31-6)17-2-1-7(19)16-15(17)25/h1-2,5-6,8-14,18,20-24H,3-4H2,(H,26,27)(H,28,29)(H,16,19,25)/t5?,6-,8+,9?,10?,11?,12?,13-,14+/m1/s1. The van der Waals surface area contributed by atoms with Crippen LogP contribution in [0.3, 0.4) is 0 Å². The van der Waals surface area contributed by atoms with Gasteiger partial charge in [-0.2, -0.15) is 0 Å². The van der Waals surface area contributed by atoms with E-state index in [9.17, 15) is 54.0 Å². The topological polar surface area (TPSA) is 288 Å². The molecule has 200 valence electrons. The van der Waals surface area contributed by atoms with Crippen LogP contribution < -0.4 is 11.2 Å². The molecule has 0 saturated carbocycles. The summed E-state index contributed by atoms with van der Waals surface area (Å²) in [5.74, 6) is -2.37. The van der Waals surface area contributed by atoms with Crippen molar-refractivity contribution >= 4 is 15.4 Å². The normalized spacial score (nSPS) is 39.1. The first-order valence-corrected chi connectivity index (χ1v) is 13.0.